The number of esters is 2. The van der Waals surface area contributed by atoms with Crippen LogP contribution in [0.4, 0.5) is 0 Å². The molecule has 0 rings (SSSR count). The molecule has 2 unspecified atom stereocenters. The number of allylic oxidation sites excluding steroid dienone is 6. The monoisotopic (exact) mass is 947 g/mol. The third-order valence-electron chi connectivity index (χ3n) is 12.4. The van der Waals surface area contributed by atoms with E-state index in [4.69, 9.17) is 18.9 Å². The van der Waals surface area contributed by atoms with Crippen molar-refractivity contribution in [2.75, 3.05) is 47.5 Å². The summed E-state index contributed by atoms with van der Waals surface area (Å²) in [5, 5.41) is 9.68. The molecule has 9 heteroatoms. The first kappa shape index (κ1) is 64.5. The Balaban J connectivity index is 4.16. The van der Waals surface area contributed by atoms with Gasteiger partial charge in [-0.15, -0.1) is 0 Å². The number of rotatable bonds is 52. The summed E-state index contributed by atoms with van der Waals surface area (Å²) in [6.07, 6.45) is 56.5. The van der Waals surface area contributed by atoms with Crippen LogP contribution in [0.1, 0.15) is 258 Å². The number of ether oxygens (including phenoxy) is 4. The quantitative estimate of drug-likeness (QED) is 0.0211. The second kappa shape index (κ2) is 49.9. The third kappa shape index (κ3) is 51.2. The topological polar surface area (TPSA) is 108 Å². The average molecular weight is 948 g/mol. The van der Waals surface area contributed by atoms with Crippen molar-refractivity contribution in [3.63, 3.8) is 0 Å². The SMILES string of the molecule is CCCCCCC/C=C\C/C=C\C/C=C\CCCCCCCCCCCCCCCCC(=O)OC(COC(=O)CCCCCCCCCCCCCCC)COC(OCC[N+](C)(C)C)C(=O)O. The first-order chi connectivity index (χ1) is 32.6. The first-order valence-corrected chi connectivity index (χ1v) is 28.2. The van der Waals surface area contributed by atoms with Crippen LogP contribution in [-0.4, -0.2) is 87.4 Å². The normalized spacial score (nSPS) is 13.0. The Bertz CT molecular complexity index is 1190. The lowest BCUT2D eigenvalue weighted by atomic mass is 10.0. The van der Waals surface area contributed by atoms with Crippen molar-refractivity contribution >= 4 is 17.9 Å². The van der Waals surface area contributed by atoms with E-state index in [1.165, 1.54) is 180 Å². The number of hydrogen-bond acceptors (Lipinski definition) is 7. The van der Waals surface area contributed by atoms with Gasteiger partial charge in [-0.3, -0.25) is 9.59 Å². The number of carboxylic acid groups (broad SMARTS) is 1. The van der Waals surface area contributed by atoms with Gasteiger partial charge in [0.2, 0.25) is 0 Å². The summed E-state index contributed by atoms with van der Waals surface area (Å²) in [5.41, 5.74) is 0. The van der Waals surface area contributed by atoms with E-state index in [-0.39, 0.29) is 32.2 Å². The van der Waals surface area contributed by atoms with Gasteiger partial charge in [0.25, 0.3) is 6.29 Å². The lowest BCUT2D eigenvalue weighted by Crippen LogP contribution is -2.40. The van der Waals surface area contributed by atoms with Crippen molar-refractivity contribution in [1.82, 2.24) is 0 Å². The van der Waals surface area contributed by atoms with Crippen LogP contribution in [0.3, 0.4) is 0 Å². The second-order valence-electron chi connectivity index (χ2n) is 20.3. The lowest BCUT2D eigenvalue weighted by molar-refractivity contribution is -0.870. The van der Waals surface area contributed by atoms with Crippen LogP contribution in [0, 0.1) is 0 Å². The average Bonchev–Trinajstić information content (AvgIpc) is 3.29. The maximum atomic E-state index is 12.8. The minimum absolute atomic E-state index is 0.178. The highest BCUT2D eigenvalue weighted by atomic mass is 16.7. The largest absolute Gasteiger partial charge is 0.477 e. The highest BCUT2D eigenvalue weighted by molar-refractivity contribution is 5.71. The number of aliphatic carboxylic acids is 1. The molecule has 0 aliphatic carbocycles. The van der Waals surface area contributed by atoms with E-state index in [0.29, 0.717) is 17.4 Å². The Labute approximate surface area is 413 Å². The zero-order chi connectivity index (χ0) is 49.2. The molecule has 0 spiro atoms. The number of carboxylic acids is 1. The van der Waals surface area contributed by atoms with Crippen LogP contribution in [0.25, 0.3) is 0 Å². The highest BCUT2D eigenvalue weighted by Crippen LogP contribution is 2.16. The molecule has 0 amide bonds. The Morgan fingerprint density at radius 2 is 0.806 bits per heavy atom. The molecule has 0 saturated carbocycles. The predicted octanol–water partition coefficient (Wildman–Crippen LogP) is 16.1. The van der Waals surface area contributed by atoms with Gasteiger partial charge >= 0.3 is 17.9 Å². The number of quaternary nitrogens is 1. The summed E-state index contributed by atoms with van der Waals surface area (Å²) in [7, 11) is 5.97. The predicted molar refractivity (Wildman–Crippen MR) is 281 cm³/mol. The van der Waals surface area contributed by atoms with Crippen LogP contribution in [0.5, 0.6) is 0 Å². The molecule has 0 aromatic carbocycles. The summed E-state index contributed by atoms with van der Waals surface area (Å²) in [6.45, 7) is 4.89. The van der Waals surface area contributed by atoms with Gasteiger partial charge in [0.1, 0.15) is 13.2 Å². The molecule has 2 atom stereocenters. The van der Waals surface area contributed by atoms with Gasteiger partial charge in [-0.2, -0.15) is 0 Å². The van der Waals surface area contributed by atoms with E-state index in [2.05, 4.69) is 50.3 Å². The van der Waals surface area contributed by atoms with E-state index in [0.717, 1.165) is 51.4 Å². The van der Waals surface area contributed by atoms with Gasteiger partial charge in [0.15, 0.2) is 6.10 Å². The van der Waals surface area contributed by atoms with E-state index >= 15 is 0 Å². The molecule has 1 N–H and O–H groups in total. The molecule has 0 bridgehead atoms. The van der Waals surface area contributed by atoms with Gasteiger partial charge in [-0.05, 0) is 51.4 Å². The van der Waals surface area contributed by atoms with Crippen LogP contribution in [-0.2, 0) is 33.3 Å². The minimum atomic E-state index is -1.51. The van der Waals surface area contributed by atoms with Crippen LogP contribution < -0.4 is 0 Å². The van der Waals surface area contributed by atoms with Crippen molar-refractivity contribution in [3.8, 4) is 0 Å². The number of carbonyl (C=O) groups excluding carboxylic acids is 2. The number of hydrogen-bond donors (Lipinski definition) is 1. The number of carbonyl (C=O) groups is 3. The summed E-state index contributed by atoms with van der Waals surface area (Å²) in [6, 6.07) is 0. The molecule has 0 aromatic heterocycles. The van der Waals surface area contributed by atoms with Crippen LogP contribution in [0.2, 0.25) is 0 Å². The summed E-state index contributed by atoms with van der Waals surface area (Å²) < 4.78 is 22.8. The van der Waals surface area contributed by atoms with Crippen LogP contribution >= 0.6 is 0 Å². The molecule has 9 nitrogen and oxygen atoms in total. The fourth-order valence-electron chi connectivity index (χ4n) is 8.02. The summed E-state index contributed by atoms with van der Waals surface area (Å²) in [5.74, 6) is -1.99. The van der Waals surface area contributed by atoms with Gasteiger partial charge in [0.05, 0.1) is 34.4 Å². The van der Waals surface area contributed by atoms with Crippen molar-refractivity contribution in [2.24, 2.45) is 0 Å². The molecular weight excluding hydrogens is 839 g/mol. The van der Waals surface area contributed by atoms with Gasteiger partial charge < -0.3 is 28.5 Å². The molecule has 0 radical (unpaired) electrons. The molecular formula is C58H108NO8+. The summed E-state index contributed by atoms with van der Waals surface area (Å²) >= 11 is 0. The zero-order valence-corrected chi connectivity index (χ0v) is 44.6. The molecule has 0 aromatic rings. The van der Waals surface area contributed by atoms with E-state index in [1.807, 2.05) is 21.1 Å². The lowest BCUT2D eigenvalue weighted by Gasteiger charge is -2.25. The second-order valence-corrected chi connectivity index (χ2v) is 20.3. The van der Waals surface area contributed by atoms with Crippen molar-refractivity contribution < 1.29 is 42.9 Å². The minimum Gasteiger partial charge on any atom is -0.477 e. The number of likely N-dealkylation sites (N-methyl/N-ethyl adjacent to an activating group) is 1. The molecule has 67 heavy (non-hydrogen) atoms. The molecule has 392 valence electrons. The zero-order valence-electron chi connectivity index (χ0n) is 44.6. The van der Waals surface area contributed by atoms with Gasteiger partial charge in [-0.25, -0.2) is 4.79 Å². The number of unbranched alkanes of at least 4 members (excludes halogenated alkanes) is 31. The highest BCUT2D eigenvalue weighted by Gasteiger charge is 2.25. The first-order valence-electron chi connectivity index (χ1n) is 28.2. The van der Waals surface area contributed by atoms with Crippen molar-refractivity contribution in [3.05, 3.63) is 36.5 Å². The third-order valence-corrected chi connectivity index (χ3v) is 12.4. The molecule has 0 fully saturated rings. The Kier molecular flexibility index (Phi) is 48.1. The van der Waals surface area contributed by atoms with E-state index in [9.17, 15) is 19.5 Å². The van der Waals surface area contributed by atoms with Crippen LogP contribution in [0.15, 0.2) is 36.5 Å². The maximum Gasteiger partial charge on any atom is 0.361 e. The molecule has 0 heterocycles. The summed E-state index contributed by atoms with van der Waals surface area (Å²) in [4.78, 5) is 37.3. The molecule has 0 saturated heterocycles. The van der Waals surface area contributed by atoms with Gasteiger partial charge in [-0.1, -0.05) is 230 Å². The fraction of sp³-hybridized carbons (Fsp3) is 0.845. The van der Waals surface area contributed by atoms with E-state index < -0.39 is 24.3 Å². The number of nitrogens with zero attached hydrogens (tertiary/aromatic N) is 1. The van der Waals surface area contributed by atoms with E-state index in [1.54, 1.807) is 0 Å². The Morgan fingerprint density at radius 3 is 1.19 bits per heavy atom. The standard InChI is InChI=1S/C58H107NO8/c1-6-8-10-12-14-16-18-20-21-22-23-24-25-26-27-28-29-30-31-32-33-34-35-37-39-41-43-45-47-49-56(61)67-54(53-66-58(57(62)63)64-51-50-59(3,4)5)52-65-55(60)48-46-44-42-40-38-36-19-17-15-13-11-9-7-2/h18,20,22-23,25-26,54,58H,6-17,19,21,24,27-53H2,1-5H3/p+1/b20-18-,23-22-,26-25-. The fourth-order valence-corrected chi connectivity index (χ4v) is 8.02. The maximum absolute atomic E-state index is 12.8. The smallest absolute Gasteiger partial charge is 0.361 e. The van der Waals surface area contributed by atoms with Gasteiger partial charge in [0, 0.05) is 12.8 Å². The van der Waals surface area contributed by atoms with Crippen molar-refractivity contribution in [1.29, 1.82) is 0 Å². The molecule has 0 aliphatic rings. The Hall–Kier alpha value is -2.49. The van der Waals surface area contributed by atoms with Crippen molar-refractivity contribution in [2.45, 2.75) is 270 Å². The Morgan fingerprint density at radius 1 is 0.448 bits per heavy atom. The molecule has 0 aliphatic heterocycles.